The number of aromatic nitrogens is 3. The van der Waals surface area contributed by atoms with E-state index < -0.39 is 48.6 Å². The van der Waals surface area contributed by atoms with Crippen molar-refractivity contribution in [1.82, 2.24) is 29.2 Å². The van der Waals surface area contributed by atoms with Gasteiger partial charge < -0.3 is 29.9 Å². The maximum Gasteiger partial charge on any atom is 0.490 e. The average molecular weight is 797 g/mol. The lowest BCUT2D eigenvalue weighted by Gasteiger charge is -2.35. The van der Waals surface area contributed by atoms with Crippen LogP contribution in [-0.2, 0) is 38.8 Å². The van der Waals surface area contributed by atoms with E-state index in [1.54, 1.807) is 0 Å². The number of hydrogen-bond donors (Lipinski definition) is 4. The molecule has 4 N–H and O–H groups in total. The van der Waals surface area contributed by atoms with Gasteiger partial charge in [-0.2, -0.15) is 52.7 Å². The highest BCUT2D eigenvalue weighted by Gasteiger charge is 2.40. The van der Waals surface area contributed by atoms with Gasteiger partial charge >= 0.3 is 48.6 Å². The summed E-state index contributed by atoms with van der Waals surface area (Å²) in [5.41, 5.74) is 2.64. The fraction of sp³-hybridized carbons (Fsp3) is 0.556. The van der Waals surface area contributed by atoms with Gasteiger partial charge in [0, 0.05) is 70.9 Å². The molecule has 2 aromatic rings. The number of likely N-dealkylation sites (N-methyl/N-ethyl adjacent to an activating group) is 1. The molecule has 53 heavy (non-hydrogen) atoms. The maximum absolute atomic E-state index is 10.6. The van der Waals surface area contributed by atoms with E-state index in [2.05, 4.69) is 50.5 Å². The normalized spacial score (nSPS) is 16.8. The zero-order valence-electron chi connectivity index (χ0n) is 27.3. The molecule has 2 aliphatic heterocycles. The summed E-state index contributed by atoms with van der Waals surface area (Å²) in [6.07, 6.45) is -14.4. The Balaban J connectivity index is 0.000000791. The second-order valence-electron chi connectivity index (χ2n) is 10.6. The Bertz CT molecular complexity index is 1360. The fourth-order valence-electron chi connectivity index (χ4n) is 3.91. The van der Waals surface area contributed by atoms with Crippen molar-refractivity contribution in [1.29, 1.82) is 0 Å². The minimum atomic E-state index is -5.08. The first-order chi connectivity index (χ1) is 24.0. The van der Waals surface area contributed by atoms with Crippen LogP contribution in [0.3, 0.4) is 0 Å². The molecule has 4 rings (SSSR count). The molecule has 26 heteroatoms. The predicted octanol–water partition coefficient (Wildman–Crippen LogP) is 4.14. The summed E-state index contributed by atoms with van der Waals surface area (Å²) < 4.78 is 129. The van der Waals surface area contributed by atoms with Crippen LogP contribution in [0, 0.1) is 0 Å². The summed E-state index contributed by atoms with van der Waals surface area (Å²) in [4.78, 5) is 52.1. The van der Waals surface area contributed by atoms with E-state index in [1.807, 2.05) is 18.5 Å². The van der Waals surface area contributed by atoms with Crippen LogP contribution in [0.4, 0.5) is 52.7 Å². The topological polar surface area (TPSA) is 190 Å². The molecular weight excluding hydrogens is 764 g/mol. The zero-order valence-corrected chi connectivity index (χ0v) is 27.3. The Morgan fingerprint density at radius 2 is 1.09 bits per heavy atom. The van der Waals surface area contributed by atoms with Crippen molar-refractivity contribution in [2.24, 2.45) is 0 Å². The van der Waals surface area contributed by atoms with E-state index >= 15 is 0 Å². The molecule has 302 valence electrons. The third-order valence-electron chi connectivity index (χ3n) is 6.56. The number of alkyl halides is 12. The first-order valence-electron chi connectivity index (χ1n) is 14.3. The van der Waals surface area contributed by atoms with Crippen molar-refractivity contribution < 1.29 is 92.3 Å². The monoisotopic (exact) mass is 796 g/mol. The minimum absolute atomic E-state index is 0.343. The number of imidazole rings is 1. The average Bonchev–Trinajstić information content (AvgIpc) is 3.43. The van der Waals surface area contributed by atoms with Gasteiger partial charge in [-0.15, -0.1) is 0 Å². The molecular formula is C27H32F12N6O8. The van der Waals surface area contributed by atoms with Crippen molar-refractivity contribution in [2.45, 2.75) is 57.3 Å². The van der Waals surface area contributed by atoms with E-state index in [0.717, 1.165) is 52.4 Å². The number of pyridine rings is 1. The third kappa shape index (κ3) is 19.1. The molecule has 0 amide bonds. The SMILES string of the molecule is CC1c2ncc(CN3CCN(C)CC3)n2CCN1Cc1cccnc1.O=C(O)C(F)(F)F.O=C(O)C(F)(F)F.O=C(O)C(F)(F)F.O=C(O)C(F)(F)F. The molecule has 0 aliphatic carbocycles. The summed E-state index contributed by atoms with van der Waals surface area (Å²) in [5, 5.41) is 28.5. The van der Waals surface area contributed by atoms with Crippen LogP contribution in [0.15, 0.2) is 30.7 Å². The van der Waals surface area contributed by atoms with Gasteiger partial charge in [0.2, 0.25) is 0 Å². The third-order valence-corrected chi connectivity index (χ3v) is 6.56. The first kappa shape index (κ1) is 48.3. The molecule has 2 aromatic heterocycles. The molecule has 1 unspecified atom stereocenters. The fourth-order valence-corrected chi connectivity index (χ4v) is 3.91. The molecule has 4 heterocycles. The van der Waals surface area contributed by atoms with Crippen LogP contribution >= 0.6 is 0 Å². The van der Waals surface area contributed by atoms with Gasteiger partial charge in [-0.05, 0) is 25.6 Å². The van der Waals surface area contributed by atoms with E-state index in [0.29, 0.717) is 6.04 Å². The van der Waals surface area contributed by atoms with Crippen LogP contribution in [-0.4, -0.2) is 138 Å². The summed E-state index contributed by atoms with van der Waals surface area (Å²) in [5.74, 6) is -9.82. The van der Waals surface area contributed by atoms with E-state index in [-0.39, 0.29) is 0 Å². The summed E-state index contributed by atoms with van der Waals surface area (Å²) in [6.45, 7) is 11.0. The Morgan fingerprint density at radius 3 is 1.45 bits per heavy atom. The van der Waals surface area contributed by atoms with Crippen LogP contribution in [0.25, 0.3) is 0 Å². The smallest absolute Gasteiger partial charge is 0.475 e. The summed E-state index contributed by atoms with van der Waals surface area (Å²) in [7, 11) is 2.20. The van der Waals surface area contributed by atoms with E-state index in [1.165, 1.54) is 17.1 Å². The summed E-state index contributed by atoms with van der Waals surface area (Å²) >= 11 is 0. The van der Waals surface area contributed by atoms with Crippen LogP contribution in [0.1, 0.15) is 30.0 Å². The van der Waals surface area contributed by atoms with Gasteiger partial charge in [0.05, 0.1) is 11.7 Å². The Morgan fingerprint density at radius 1 is 0.679 bits per heavy atom. The number of rotatable bonds is 4. The van der Waals surface area contributed by atoms with E-state index in [9.17, 15) is 52.7 Å². The van der Waals surface area contributed by atoms with Gasteiger partial charge in [-0.1, -0.05) is 6.07 Å². The van der Waals surface area contributed by atoms with Gasteiger partial charge in [-0.3, -0.25) is 14.8 Å². The molecule has 0 spiro atoms. The molecule has 0 aromatic carbocycles. The molecule has 1 atom stereocenters. The second-order valence-corrected chi connectivity index (χ2v) is 10.6. The number of piperazine rings is 1. The van der Waals surface area contributed by atoms with Gasteiger partial charge in [0.25, 0.3) is 0 Å². The second kappa shape index (κ2) is 20.5. The lowest BCUT2D eigenvalue weighted by atomic mass is 10.1. The molecule has 0 radical (unpaired) electrons. The number of nitrogens with zero attached hydrogens (tertiary/aromatic N) is 6. The molecule has 14 nitrogen and oxygen atoms in total. The number of fused-ring (bicyclic) bond motifs is 1. The largest absolute Gasteiger partial charge is 0.490 e. The number of hydrogen-bond acceptors (Lipinski definition) is 9. The molecule has 0 bridgehead atoms. The lowest BCUT2D eigenvalue weighted by Crippen LogP contribution is -2.44. The molecule has 0 saturated carbocycles. The Kier molecular flexibility index (Phi) is 18.7. The number of carbonyl (C=O) groups is 4. The van der Waals surface area contributed by atoms with Crippen molar-refractivity contribution in [3.63, 3.8) is 0 Å². The quantitative estimate of drug-likeness (QED) is 0.324. The first-order valence-corrected chi connectivity index (χ1v) is 14.3. The molecule has 2 aliphatic rings. The van der Waals surface area contributed by atoms with Crippen LogP contribution in [0.5, 0.6) is 0 Å². The van der Waals surface area contributed by atoms with Crippen LogP contribution in [0.2, 0.25) is 0 Å². The number of aliphatic carboxylic acids is 4. The highest BCUT2D eigenvalue weighted by molar-refractivity contribution is 5.74. The van der Waals surface area contributed by atoms with E-state index in [4.69, 9.17) is 44.6 Å². The van der Waals surface area contributed by atoms with Gasteiger partial charge in [0.1, 0.15) is 5.82 Å². The number of carboxylic acids is 4. The van der Waals surface area contributed by atoms with Crippen molar-refractivity contribution >= 4 is 23.9 Å². The van der Waals surface area contributed by atoms with Crippen molar-refractivity contribution in [2.75, 3.05) is 39.8 Å². The Labute approximate surface area is 290 Å². The van der Waals surface area contributed by atoms with Crippen molar-refractivity contribution in [3.8, 4) is 0 Å². The molecule has 1 fully saturated rings. The maximum atomic E-state index is 10.6. The highest BCUT2D eigenvalue weighted by atomic mass is 19.4. The van der Waals surface area contributed by atoms with Gasteiger partial charge in [-0.25, -0.2) is 24.2 Å². The zero-order chi connectivity index (χ0) is 41.5. The van der Waals surface area contributed by atoms with Crippen molar-refractivity contribution in [3.05, 3.63) is 47.8 Å². The summed E-state index contributed by atoms with van der Waals surface area (Å²) in [6, 6.07) is 4.51. The number of carboxylic acid groups (broad SMARTS) is 4. The standard InChI is InChI=1S/C19H28N6.4C2HF3O2/c1-16-19-21-13-18(15-23-8-6-22(2)7-9-23)25(19)11-10-24(16)14-17-4-3-5-20-12-17;4*3-2(4,5)1(6)7/h3-5,12-13,16H,6-11,14-15H2,1-2H3;4*(H,6,7). The van der Waals surface area contributed by atoms with Gasteiger partial charge in [0.15, 0.2) is 0 Å². The predicted molar refractivity (Wildman–Crippen MR) is 153 cm³/mol. The lowest BCUT2D eigenvalue weighted by molar-refractivity contribution is -0.193. The Hall–Kier alpha value is -4.72. The number of halogens is 12. The highest BCUT2D eigenvalue weighted by Crippen LogP contribution is 2.27. The van der Waals surface area contributed by atoms with Crippen LogP contribution < -0.4 is 0 Å². The minimum Gasteiger partial charge on any atom is -0.475 e. The molecule has 1 saturated heterocycles.